The third kappa shape index (κ3) is 3.23. The van der Waals surface area contributed by atoms with E-state index >= 15 is 0 Å². The second-order valence-corrected chi connectivity index (χ2v) is 5.54. The molecule has 1 aromatic rings. The Hall–Kier alpha value is -1.56. The van der Waals surface area contributed by atoms with Crippen molar-refractivity contribution in [3.05, 3.63) is 23.8 Å². The summed E-state index contributed by atoms with van der Waals surface area (Å²) in [4.78, 5) is 10.5. The quantitative estimate of drug-likeness (QED) is 0.758. The first kappa shape index (κ1) is 12.5. The van der Waals surface area contributed by atoms with Gasteiger partial charge >= 0.3 is 5.97 Å². The van der Waals surface area contributed by atoms with Gasteiger partial charge in [-0.05, 0) is 24.1 Å². The molecule has 0 heterocycles. The summed E-state index contributed by atoms with van der Waals surface area (Å²) in [6, 6.07) is 4.34. The van der Waals surface area contributed by atoms with Gasteiger partial charge in [-0.15, -0.1) is 0 Å². The highest BCUT2D eigenvalue weighted by Crippen LogP contribution is 2.19. The minimum Gasteiger partial charge on any atom is -0.481 e. The van der Waals surface area contributed by atoms with Crippen LogP contribution in [0.1, 0.15) is 12.0 Å². The van der Waals surface area contributed by atoms with Gasteiger partial charge in [-0.25, -0.2) is 8.42 Å². The van der Waals surface area contributed by atoms with Crippen molar-refractivity contribution < 1.29 is 18.3 Å². The topological polar surface area (TPSA) is 97.5 Å². The molecule has 0 saturated carbocycles. The van der Waals surface area contributed by atoms with Gasteiger partial charge in [-0.3, -0.25) is 4.79 Å². The minimum absolute atomic E-state index is 0.0254. The van der Waals surface area contributed by atoms with E-state index < -0.39 is 15.8 Å². The SMILES string of the molecule is CS(=O)(=O)c1ccc(CCC(=O)O)c(N)c1. The van der Waals surface area contributed by atoms with Crippen molar-refractivity contribution in [2.45, 2.75) is 17.7 Å². The molecule has 1 aromatic carbocycles. The Morgan fingerprint density at radius 2 is 2.06 bits per heavy atom. The first-order valence-corrected chi connectivity index (χ1v) is 6.50. The molecular formula is C10H13NO4S. The predicted octanol–water partition coefficient (Wildman–Crippen LogP) is 0.690. The molecule has 0 aliphatic heterocycles. The van der Waals surface area contributed by atoms with Gasteiger partial charge in [0.15, 0.2) is 9.84 Å². The molecule has 1 rings (SSSR count). The number of aryl methyl sites for hydroxylation is 1. The van der Waals surface area contributed by atoms with Crippen LogP contribution in [-0.2, 0) is 21.1 Å². The molecule has 0 aliphatic carbocycles. The zero-order valence-corrected chi connectivity index (χ0v) is 9.62. The van der Waals surface area contributed by atoms with E-state index in [-0.39, 0.29) is 11.3 Å². The first-order chi connectivity index (χ1) is 7.30. The maximum absolute atomic E-state index is 11.2. The number of anilines is 1. The molecule has 0 fully saturated rings. The lowest BCUT2D eigenvalue weighted by Crippen LogP contribution is -2.03. The second kappa shape index (κ2) is 4.52. The Balaban J connectivity index is 2.96. The highest BCUT2D eigenvalue weighted by molar-refractivity contribution is 7.90. The standard InChI is InChI=1S/C10H13NO4S/c1-16(14,15)8-4-2-7(9(11)6-8)3-5-10(12)13/h2,4,6H,3,5,11H2,1H3,(H,12,13). The van der Waals surface area contributed by atoms with E-state index in [1.165, 1.54) is 12.1 Å². The Bertz CT molecular complexity index is 508. The van der Waals surface area contributed by atoms with Crippen LogP contribution in [0.3, 0.4) is 0 Å². The van der Waals surface area contributed by atoms with Crippen molar-refractivity contribution in [1.82, 2.24) is 0 Å². The van der Waals surface area contributed by atoms with Crippen LogP contribution in [0.5, 0.6) is 0 Å². The fourth-order valence-electron chi connectivity index (χ4n) is 1.27. The summed E-state index contributed by atoms with van der Waals surface area (Å²) in [5.74, 6) is -0.911. The molecule has 0 saturated heterocycles. The summed E-state index contributed by atoms with van der Waals surface area (Å²) in [5, 5.41) is 8.51. The summed E-state index contributed by atoms with van der Waals surface area (Å²) in [7, 11) is -3.27. The van der Waals surface area contributed by atoms with Gasteiger partial charge in [-0.1, -0.05) is 6.07 Å². The molecule has 16 heavy (non-hydrogen) atoms. The van der Waals surface area contributed by atoms with Crippen LogP contribution in [0, 0.1) is 0 Å². The number of nitrogen functional groups attached to an aromatic ring is 1. The molecule has 0 aromatic heterocycles. The number of carboxylic acid groups (broad SMARTS) is 1. The molecule has 0 aliphatic rings. The van der Waals surface area contributed by atoms with Gasteiger partial charge in [-0.2, -0.15) is 0 Å². The van der Waals surface area contributed by atoms with E-state index in [9.17, 15) is 13.2 Å². The lowest BCUT2D eigenvalue weighted by atomic mass is 10.1. The average Bonchev–Trinajstić information content (AvgIpc) is 2.14. The van der Waals surface area contributed by atoms with Gasteiger partial charge < -0.3 is 10.8 Å². The maximum Gasteiger partial charge on any atom is 0.303 e. The number of benzene rings is 1. The monoisotopic (exact) mass is 243 g/mol. The van der Waals surface area contributed by atoms with Gasteiger partial charge in [0.25, 0.3) is 0 Å². The molecule has 0 bridgehead atoms. The van der Waals surface area contributed by atoms with Crippen molar-refractivity contribution in [2.24, 2.45) is 0 Å². The van der Waals surface area contributed by atoms with Gasteiger partial charge in [0.1, 0.15) is 0 Å². The number of carbonyl (C=O) groups is 1. The summed E-state index contributed by atoms with van der Waals surface area (Å²) in [6.45, 7) is 0. The second-order valence-electron chi connectivity index (χ2n) is 3.53. The van der Waals surface area contributed by atoms with Crippen molar-refractivity contribution in [3.63, 3.8) is 0 Å². The highest BCUT2D eigenvalue weighted by Gasteiger charge is 2.10. The fraction of sp³-hybridized carbons (Fsp3) is 0.300. The molecular weight excluding hydrogens is 230 g/mol. The van der Waals surface area contributed by atoms with Crippen LogP contribution in [0.4, 0.5) is 5.69 Å². The van der Waals surface area contributed by atoms with E-state index in [0.717, 1.165) is 6.26 Å². The average molecular weight is 243 g/mol. The number of nitrogens with two attached hydrogens (primary N) is 1. The molecule has 5 nitrogen and oxygen atoms in total. The number of rotatable bonds is 4. The number of hydrogen-bond acceptors (Lipinski definition) is 4. The lowest BCUT2D eigenvalue weighted by Gasteiger charge is -2.06. The minimum atomic E-state index is -3.27. The largest absolute Gasteiger partial charge is 0.481 e. The Labute approximate surface area is 93.8 Å². The van der Waals surface area contributed by atoms with Crippen molar-refractivity contribution >= 4 is 21.5 Å². The molecule has 0 radical (unpaired) electrons. The van der Waals surface area contributed by atoms with E-state index in [1.807, 2.05) is 0 Å². The van der Waals surface area contributed by atoms with Crippen LogP contribution >= 0.6 is 0 Å². The van der Waals surface area contributed by atoms with Crippen molar-refractivity contribution in [3.8, 4) is 0 Å². The number of sulfone groups is 1. The van der Waals surface area contributed by atoms with Gasteiger partial charge in [0, 0.05) is 18.4 Å². The summed E-state index contributed by atoms with van der Waals surface area (Å²) >= 11 is 0. The van der Waals surface area contributed by atoms with Crippen LogP contribution in [0.2, 0.25) is 0 Å². The van der Waals surface area contributed by atoms with Crippen molar-refractivity contribution in [1.29, 1.82) is 0 Å². The summed E-state index contributed by atoms with van der Waals surface area (Å²) in [5.41, 5.74) is 6.60. The van der Waals surface area contributed by atoms with Crippen LogP contribution in [-0.4, -0.2) is 25.7 Å². The third-order valence-electron chi connectivity index (χ3n) is 2.15. The molecule has 0 spiro atoms. The Morgan fingerprint density at radius 3 is 2.50 bits per heavy atom. The normalized spacial score (nSPS) is 11.3. The molecule has 88 valence electrons. The summed E-state index contributed by atoms with van der Waals surface area (Å²) in [6.07, 6.45) is 1.37. The fourth-order valence-corrected chi connectivity index (χ4v) is 1.93. The lowest BCUT2D eigenvalue weighted by molar-refractivity contribution is -0.136. The number of hydrogen-bond donors (Lipinski definition) is 2. The Kier molecular flexibility index (Phi) is 3.54. The molecule has 0 amide bonds. The van der Waals surface area contributed by atoms with E-state index in [0.29, 0.717) is 17.7 Å². The van der Waals surface area contributed by atoms with Gasteiger partial charge in [0.05, 0.1) is 4.90 Å². The molecule has 0 unspecified atom stereocenters. The van der Waals surface area contributed by atoms with Gasteiger partial charge in [0.2, 0.25) is 0 Å². The number of aliphatic carboxylic acids is 1. The van der Waals surface area contributed by atoms with E-state index in [1.54, 1.807) is 6.07 Å². The van der Waals surface area contributed by atoms with Crippen LogP contribution in [0.25, 0.3) is 0 Å². The summed E-state index contributed by atoms with van der Waals surface area (Å²) < 4.78 is 22.4. The maximum atomic E-state index is 11.2. The van der Waals surface area contributed by atoms with Crippen LogP contribution < -0.4 is 5.73 Å². The van der Waals surface area contributed by atoms with E-state index in [2.05, 4.69) is 0 Å². The molecule has 3 N–H and O–H groups in total. The zero-order chi connectivity index (χ0) is 12.3. The smallest absolute Gasteiger partial charge is 0.303 e. The third-order valence-corrected chi connectivity index (χ3v) is 3.26. The van der Waals surface area contributed by atoms with E-state index in [4.69, 9.17) is 10.8 Å². The highest BCUT2D eigenvalue weighted by atomic mass is 32.2. The first-order valence-electron chi connectivity index (χ1n) is 4.61. The number of carboxylic acids is 1. The zero-order valence-electron chi connectivity index (χ0n) is 8.80. The molecule has 6 heteroatoms. The van der Waals surface area contributed by atoms with Crippen molar-refractivity contribution in [2.75, 3.05) is 12.0 Å². The predicted molar refractivity (Wildman–Crippen MR) is 59.9 cm³/mol. The molecule has 0 atom stereocenters. The van der Waals surface area contributed by atoms with Crippen LogP contribution in [0.15, 0.2) is 23.1 Å². The Morgan fingerprint density at radius 1 is 1.44 bits per heavy atom.